The average molecular weight is 389 g/mol. The summed E-state index contributed by atoms with van der Waals surface area (Å²) >= 11 is 4.33. The van der Waals surface area contributed by atoms with Crippen molar-refractivity contribution in [1.29, 1.82) is 0 Å². The third-order valence-electron chi connectivity index (χ3n) is 2.62. The Morgan fingerprint density at radius 2 is 1.81 bits per heavy atom. The number of hydrogen-bond donors (Lipinski definition) is 1. The summed E-state index contributed by atoms with van der Waals surface area (Å²) in [5, 5.41) is 1.69. The van der Waals surface area contributed by atoms with Crippen LogP contribution in [0.2, 0.25) is 0 Å². The van der Waals surface area contributed by atoms with Crippen molar-refractivity contribution in [2.45, 2.75) is 4.21 Å². The number of carbonyl (C=O) groups excluding carboxylic acids is 1. The molecule has 0 saturated heterocycles. The normalized spacial score (nSPS) is 11.2. The molecule has 1 amide bonds. The number of nitrogens with zero attached hydrogens (tertiary/aromatic N) is 1. The van der Waals surface area contributed by atoms with Crippen LogP contribution in [0.1, 0.15) is 10.4 Å². The Balaban J connectivity index is 2.21. The fraction of sp³-hybridized carbons (Fsp3) is 0.154. The summed E-state index contributed by atoms with van der Waals surface area (Å²) in [6.45, 7) is 0. The molecule has 5 nitrogen and oxygen atoms in total. The standard InChI is InChI=1S/C13H13BrN2O3S2/c1-16(2)12(17)9-3-5-10(6-4-9)15-21(18,19)13-11(14)7-8-20-13/h3-8,15H,1-2H3. The van der Waals surface area contributed by atoms with Crippen molar-refractivity contribution in [2.75, 3.05) is 18.8 Å². The smallest absolute Gasteiger partial charge is 0.272 e. The van der Waals surface area contributed by atoms with Gasteiger partial charge in [0, 0.05) is 29.8 Å². The van der Waals surface area contributed by atoms with Crippen LogP contribution in [0.25, 0.3) is 0 Å². The Hall–Kier alpha value is -1.38. The average Bonchev–Trinajstić information content (AvgIpc) is 2.85. The summed E-state index contributed by atoms with van der Waals surface area (Å²) < 4.78 is 27.6. The van der Waals surface area contributed by atoms with Crippen LogP contribution < -0.4 is 4.72 Å². The minimum absolute atomic E-state index is 0.134. The molecule has 0 radical (unpaired) electrons. The first kappa shape index (κ1) is 16.0. The Morgan fingerprint density at radius 3 is 2.29 bits per heavy atom. The molecule has 0 aliphatic heterocycles. The van der Waals surface area contributed by atoms with Gasteiger partial charge in [-0.05, 0) is 51.6 Å². The van der Waals surface area contributed by atoms with Crippen molar-refractivity contribution in [3.05, 3.63) is 45.7 Å². The molecule has 2 aromatic rings. The third kappa shape index (κ3) is 3.63. The number of anilines is 1. The van der Waals surface area contributed by atoms with Crippen molar-refractivity contribution in [2.24, 2.45) is 0 Å². The van der Waals surface area contributed by atoms with Crippen LogP contribution in [0.3, 0.4) is 0 Å². The first-order chi connectivity index (χ1) is 9.81. The number of halogens is 1. The Morgan fingerprint density at radius 1 is 1.19 bits per heavy atom. The molecule has 0 aliphatic carbocycles. The zero-order valence-electron chi connectivity index (χ0n) is 11.3. The van der Waals surface area contributed by atoms with Gasteiger partial charge >= 0.3 is 0 Å². The van der Waals surface area contributed by atoms with Gasteiger partial charge in [0.05, 0.1) is 0 Å². The van der Waals surface area contributed by atoms with Gasteiger partial charge in [-0.3, -0.25) is 9.52 Å². The summed E-state index contributed by atoms with van der Waals surface area (Å²) in [6.07, 6.45) is 0. The van der Waals surface area contributed by atoms with E-state index in [1.165, 1.54) is 4.90 Å². The van der Waals surface area contributed by atoms with Crippen molar-refractivity contribution >= 4 is 48.9 Å². The van der Waals surface area contributed by atoms with Gasteiger partial charge in [0.2, 0.25) is 0 Å². The molecule has 0 aliphatic rings. The maximum atomic E-state index is 12.2. The fourth-order valence-electron chi connectivity index (χ4n) is 1.61. The van der Waals surface area contributed by atoms with E-state index in [0.29, 0.717) is 15.7 Å². The van der Waals surface area contributed by atoms with E-state index >= 15 is 0 Å². The monoisotopic (exact) mass is 388 g/mol. The fourth-order valence-corrected chi connectivity index (χ4v) is 5.01. The molecule has 1 aromatic carbocycles. The molecule has 8 heteroatoms. The second-order valence-electron chi connectivity index (χ2n) is 4.44. The third-order valence-corrected chi connectivity index (χ3v) is 6.67. The molecule has 0 spiro atoms. The van der Waals surface area contributed by atoms with Crippen LogP contribution in [0.15, 0.2) is 44.4 Å². The van der Waals surface area contributed by atoms with E-state index in [2.05, 4.69) is 20.7 Å². The lowest BCUT2D eigenvalue weighted by molar-refractivity contribution is 0.0827. The minimum atomic E-state index is -3.62. The second-order valence-corrected chi connectivity index (χ2v) is 8.09. The van der Waals surface area contributed by atoms with Gasteiger partial charge in [-0.25, -0.2) is 8.42 Å². The molecule has 21 heavy (non-hydrogen) atoms. The molecule has 0 fully saturated rings. The number of sulfonamides is 1. The summed E-state index contributed by atoms with van der Waals surface area (Å²) in [5.74, 6) is -0.134. The van der Waals surface area contributed by atoms with E-state index in [0.717, 1.165) is 11.3 Å². The predicted molar refractivity (Wildman–Crippen MR) is 87.3 cm³/mol. The number of amides is 1. The summed E-state index contributed by atoms with van der Waals surface area (Å²) in [5.41, 5.74) is 0.908. The Labute approximate surface area is 135 Å². The van der Waals surface area contributed by atoms with E-state index in [1.807, 2.05) is 0 Å². The van der Waals surface area contributed by atoms with Gasteiger partial charge in [0.1, 0.15) is 0 Å². The van der Waals surface area contributed by atoms with E-state index in [9.17, 15) is 13.2 Å². The largest absolute Gasteiger partial charge is 0.345 e. The number of nitrogens with one attached hydrogen (secondary N) is 1. The van der Waals surface area contributed by atoms with Crippen LogP contribution in [0.5, 0.6) is 0 Å². The number of rotatable bonds is 4. The van der Waals surface area contributed by atoms with Crippen molar-refractivity contribution < 1.29 is 13.2 Å². The number of carbonyl (C=O) groups is 1. The van der Waals surface area contributed by atoms with Gasteiger partial charge in [0.15, 0.2) is 4.21 Å². The van der Waals surface area contributed by atoms with E-state index < -0.39 is 10.0 Å². The molecule has 0 saturated carbocycles. The van der Waals surface area contributed by atoms with E-state index in [4.69, 9.17) is 0 Å². The Bertz CT molecular complexity index is 752. The molecule has 112 valence electrons. The lowest BCUT2D eigenvalue weighted by Gasteiger charge is -2.11. The van der Waals surface area contributed by atoms with Crippen LogP contribution >= 0.6 is 27.3 Å². The molecule has 0 atom stereocenters. The van der Waals surface area contributed by atoms with Gasteiger partial charge < -0.3 is 4.90 Å². The second kappa shape index (κ2) is 6.17. The number of hydrogen-bond acceptors (Lipinski definition) is 4. The van der Waals surface area contributed by atoms with Crippen molar-refractivity contribution in [3.63, 3.8) is 0 Å². The van der Waals surface area contributed by atoms with Gasteiger partial charge in [-0.1, -0.05) is 0 Å². The van der Waals surface area contributed by atoms with E-state index in [1.54, 1.807) is 49.8 Å². The molecule has 1 heterocycles. The minimum Gasteiger partial charge on any atom is -0.345 e. The molecular formula is C13H13BrN2O3S2. The maximum absolute atomic E-state index is 12.2. The summed E-state index contributed by atoms with van der Waals surface area (Å²) in [6, 6.07) is 7.98. The van der Waals surface area contributed by atoms with Crippen LogP contribution in [0, 0.1) is 0 Å². The van der Waals surface area contributed by atoms with Crippen molar-refractivity contribution in [3.8, 4) is 0 Å². The molecule has 0 unspecified atom stereocenters. The highest BCUT2D eigenvalue weighted by Gasteiger charge is 2.19. The molecule has 0 bridgehead atoms. The number of thiophene rings is 1. The highest BCUT2D eigenvalue weighted by Crippen LogP contribution is 2.29. The quantitative estimate of drug-likeness (QED) is 0.874. The van der Waals surface area contributed by atoms with Gasteiger partial charge in [0.25, 0.3) is 15.9 Å². The predicted octanol–water partition coefficient (Wildman–Crippen LogP) is 3.01. The molecule has 1 N–H and O–H groups in total. The van der Waals surface area contributed by atoms with Gasteiger partial charge in [-0.2, -0.15) is 0 Å². The maximum Gasteiger partial charge on any atom is 0.272 e. The first-order valence-corrected chi connectivity index (χ1v) is 9.04. The lowest BCUT2D eigenvalue weighted by Crippen LogP contribution is -2.21. The van der Waals surface area contributed by atoms with E-state index in [-0.39, 0.29) is 10.1 Å². The topological polar surface area (TPSA) is 66.5 Å². The van der Waals surface area contributed by atoms with Crippen LogP contribution in [-0.4, -0.2) is 33.3 Å². The first-order valence-electron chi connectivity index (χ1n) is 5.89. The lowest BCUT2D eigenvalue weighted by atomic mass is 10.2. The zero-order chi connectivity index (χ0) is 15.6. The summed E-state index contributed by atoms with van der Waals surface area (Å²) in [7, 11) is -0.304. The SMILES string of the molecule is CN(C)C(=O)c1ccc(NS(=O)(=O)c2sccc2Br)cc1. The zero-order valence-corrected chi connectivity index (χ0v) is 14.5. The van der Waals surface area contributed by atoms with Gasteiger partial charge in [-0.15, -0.1) is 11.3 Å². The van der Waals surface area contributed by atoms with Crippen molar-refractivity contribution in [1.82, 2.24) is 4.90 Å². The highest BCUT2D eigenvalue weighted by molar-refractivity contribution is 9.10. The van der Waals surface area contributed by atoms with Crippen LogP contribution in [0.4, 0.5) is 5.69 Å². The Kier molecular flexibility index (Phi) is 4.70. The number of benzene rings is 1. The molecular weight excluding hydrogens is 376 g/mol. The highest BCUT2D eigenvalue weighted by atomic mass is 79.9. The molecule has 2 rings (SSSR count). The summed E-state index contributed by atoms with van der Waals surface area (Å²) in [4.78, 5) is 13.2. The van der Waals surface area contributed by atoms with Crippen LogP contribution in [-0.2, 0) is 10.0 Å². The molecule has 1 aromatic heterocycles.